The number of aromatic nitrogens is 2. The van der Waals surface area contributed by atoms with E-state index in [9.17, 15) is 13.2 Å². The van der Waals surface area contributed by atoms with Gasteiger partial charge >= 0.3 is 5.97 Å². The molecule has 6 nitrogen and oxygen atoms in total. The molecule has 72 valence electrons. The maximum atomic E-state index is 10.8. The van der Waals surface area contributed by atoms with E-state index in [1.54, 1.807) is 0 Å². The number of nitrogens with one attached hydrogen (secondary N) is 1. The lowest BCUT2D eigenvalue weighted by atomic mass is 10.5. The summed E-state index contributed by atoms with van der Waals surface area (Å²) >= 11 is 0. The van der Waals surface area contributed by atoms with E-state index in [4.69, 9.17) is 5.11 Å². The molecule has 0 unspecified atom stereocenters. The van der Waals surface area contributed by atoms with Crippen LogP contribution < -0.4 is 0 Å². The summed E-state index contributed by atoms with van der Waals surface area (Å²) < 4.78 is 21.5. The van der Waals surface area contributed by atoms with Crippen LogP contribution in [0.25, 0.3) is 0 Å². The van der Waals surface area contributed by atoms with E-state index in [-0.39, 0.29) is 17.3 Å². The minimum absolute atomic E-state index is 0.112. The Kier molecular flexibility index (Phi) is 2.37. The molecule has 0 spiro atoms. The molecule has 0 fully saturated rings. The first-order valence-electron chi connectivity index (χ1n) is 3.33. The highest BCUT2D eigenvalue weighted by molar-refractivity contribution is 7.89. The Balaban J connectivity index is 2.87. The van der Waals surface area contributed by atoms with Crippen molar-refractivity contribution in [3.05, 3.63) is 17.7 Å². The Morgan fingerprint density at radius 2 is 2.31 bits per heavy atom. The van der Waals surface area contributed by atoms with Crippen LogP contribution in [0.1, 0.15) is 16.3 Å². The van der Waals surface area contributed by atoms with Crippen LogP contribution in [-0.2, 0) is 15.6 Å². The van der Waals surface area contributed by atoms with Crippen molar-refractivity contribution >= 4 is 15.8 Å². The van der Waals surface area contributed by atoms with E-state index >= 15 is 0 Å². The third-order valence-electron chi connectivity index (χ3n) is 1.26. The highest BCUT2D eigenvalue weighted by Crippen LogP contribution is 2.01. The number of imidazole rings is 1. The Labute approximate surface area is 74.5 Å². The lowest BCUT2D eigenvalue weighted by Crippen LogP contribution is -2.03. The number of hydrogen-bond donors (Lipinski definition) is 2. The van der Waals surface area contributed by atoms with E-state index in [0.717, 1.165) is 12.5 Å². The van der Waals surface area contributed by atoms with E-state index in [2.05, 4.69) is 9.97 Å². The van der Waals surface area contributed by atoms with Crippen LogP contribution in [0.2, 0.25) is 0 Å². The molecule has 0 bridgehead atoms. The largest absolute Gasteiger partial charge is 0.477 e. The van der Waals surface area contributed by atoms with Gasteiger partial charge in [0.1, 0.15) is 17.3 Å². The van der Waals surface area contributed by atoms with Crippen LogP contribution in [0.3, 0.4) is 0 Å². The molecule has 1 aromatic rings. The van der Waals surface area contributed by atoms with Crippen LogP contribution in [0.5, 0.6) is 0 Å². The maximum absolute atomic E-state index is 10.8. The SMILES string of the molecule is CS(=O)(=O)Cc1ncc(C(=O)O)[nH]1. The van der Waals surface area contributed by atoms with Crippen LogP contribution in [-0.4, -0.2) is 35.7 Å². The van der Waals surface area contributed by atoms with Crippen LogP contribution in [0, 0.1) is 0 Å². The number of carboxylic acids is 1. The van der Waals surface area contributed by atoms with Crippen molar-refractivity contribution in [1.82, 2.24) is 9.97 Å². The number of aromatic amines is 1. The van der Waals surface area contributed by atoms with Gasteiger partial charge in [0.15, 0.2) is 9.84 Å². The molecular formula is C6H8N2O4S. The van der Waals surface area contributed by atoms with Gasteiger partial charge in [-0.2, -0.15) is 0 Å². The lowest BCUT2D eigenvalue weighted by molar-refractivity contribution is 0.0691. The molecule has 1 aromatic heterocycles. The van der Waals surface area contributed by atoms with Crippen LogP contribution in [0.15, 0.2) is 6.20 Å². The minimum Gasteiger partial charge on any atom is -0.477 e. The van der Waals surface area contributed by atoms with Crippen molar-refractivity contribution in [2.24, 2.45) is 0 Å². The van der Waals surface area contributed by atoms with Gasteiger partial charge in [-0.15, -0.1) is 0 Å². The standard InChI is InChI=1S/C6H8N2O4S/c1-13(11,12)3-5-7-2-4(8-5)6(9)10/h2H,3H2,1H3,(H,7,8)(H,9,10). The second-order valence-corrected chi connectivity index (χ2v) is 4.76. The summed E-state index contributed by atoms with van der Waals surface area (Å²) in [5.41, 5.74) is -0.112. The molecule has 0 aliphatic carbocycles. The number of hydrogen-bond acceptors (Lipinski definition) is 4. The Bertz CT molecular complexity index is 420. The van der Waals surface area contributed by atoms with E-state index in [0.29, 0.717) is 0 Å². The second kappa shape index (κ2) is 3.17. The van der Waals surface area contributed by atoms with Crippen LogP contribution in [0.4, 0.5) is 0 Å². The number of sulfone groups is 1. The predicted molar refractivity (Wildman–Crippen MR) is 44.1 cm³/mol. The van der Waals surface area contributed by atoms with Gasteiger partial charge in [0.05, 0.1) is 6.20 Å². The van der Waals surface area contributed by atoms with Gasteiger partial charge in [0.2, 0.25) is 0 Å². The Morgan fingerprint density at radius 3 is 2.69 bits per heavy atom. The van der Waals surface area contributed by atoms with E-state index < -0.39 is 15.8 Å². The third kappa shape index (κ3) is 2.86. The Hall–Kier alpha value is -1.37. The summed E-state index contributed by atoms with van der Waals surface area (Å²) in [6.07, 6.45) is 2.14. The average molecular weight is 204 g/mol. The number of H-pyrrole nitrogens is 1. The molecule has 0 atom stereocenters. The molecule has 2 N–H and O–H groups in total. The average Bonchev–Trinajstić information content (AvgIpc) is 2.31. The fraction of sp³-hybridized carbons (Fsp3) is 0.333. The zero-order valence-electron chi connectivity index (χ0n) is 6.81. The molecule has 0 saturated carbocycles. The molecular weight excluding hydrogens is 196 g/mol. The van der Waals surface area contributed by atoms with Gasteiger partial charge in [-0.05, 0) is 0 Å². The van der Waals surface area contributed by atoms with Gasteiger partial charge in [-0.25, -0.2) is 18.2 Å². The first-order chi connectivity index (χ1) is 5.88. The zero-order chi connectivity index (χ0) is 10.1. The topological polar surface area (TPSA) is 100 Å². The summed E-state index contributed by atoms with van der Waals surface area (Å²) in [5.74, 6) is -1.30. The first kappa shape index (κ1) is 9.72. The van der Waals surface area contributed by atoms with E-state index in [1.807, 2.05) is 0 Å². The monoisotopic (exact) mass is 204 g/mol. The van der Waals surface area contributed by atoms with Gasteiger partial charge in [0.25, 0.3) is 0 Å². The number of aromatic carboxylic acids is 1. The minimum atomic E-state index is -3.18. The molecule has 0 aliphatic rings. The first-order valence-corrected chi connectivity index (χ1v) is 5.39. The van der Waals surface area contributed by atoms with Crippen molar-refractivity contribution in [3.63, 3.8) is 0 Å². The molecule has 0 saturated heterocycles. The van der Waals surface area contributed by atoms with Crippen molar-refractivity contribution in [2.75, 3.05) is 6.26 Å². The fourth-order valence-electron chi connectivity index (χ4n) is 0.793. The summed E-state index contributed by atoms with van der Waals surface area (Å²) in [7, 11) is -3.18. The fourth-order valence-corrected chi connectivity index (χ4v) is 1.44. The molecule has 0 radical (unpaired) electrons. The Morgan fingerprint density at radius 1 is 1.69 bits per heavy atom. The van der Waals surface area contributed by atoms with Crippen LogP contribution >= 0.6 is 0 Å². The van der Waals surface area contributed by atoms with Crippen molar-refractivity contribution in [2.45, 2.75) is 5.75 Å². The number of carboxylic acid groups (broad SMARTS) is 1. The molecule has 1 rings (SSSR count). The smallest absolute Gasteiger partial charge is 0.353 e. The quantitative estimate of drug-likeness (QED) is 0.701. The van der Waals surface area contributed by atoms with Gasteiger partial charge in [0, 0.05) is 6.26 Å². The van der Waals surface area contributed by atoms with Crippen molar-refractivity contribution in [1.29, 1.82) is 0 Å². The molecule has 0 amide bonds. The summed E-state index contributed by atoms with van der Waals surface area (Å²) in [6, 6.07) is 0. The zero-order valence-corrected chi connectivity index (χ0v) is 7.63. The molecule has 7 heteroatoms. The molecule has 0 aliphatic heterocycles. The van der Waals surface area contributed by atoms with Gasteiger partial charge < -0.3 is 10.1 Å². The number of nitrogens with zero attached hydrogens (tertiary/aromatic N) is 1. The second-order valence-electron chi connectivity index (χ2n) is 2.62. The summed E-state index contributed by atoms with van der Waals surface area (Å²) in [5, 5.41) is 8.48. The predicted octanol–water partition coefficient (Wildman–Crippen LogP) is -0.348. The molecule has 1 heterocycles. The molecule has 0 aromatic carbocycles. The lowest BCUT2D eigenvalue weighted by Gasteiger charge is -1.91. The number of rotatable bonds is 3. The summed E-state index contributed by atoms with van der Waals surface area (Å²) in [6.45, 7) is 0. The normalized spacial score (nSPS) is 11.5. The van der Waals surface area contributed by atoms with E-state index in [1.165, 1.54) is 0 Å². The van der Waals surface area contributed by atoms with Gasteiger partial charge in [-0.1, -0.05) is 0 Å². The van der Waals surface area contributed by atoms with Crippen molar-refractivity contribution in [3.8, 4) is 0 Å². The highest BCUT2D eigenvalue weighted by Gasteiger charge is 2.11. The van der Waals surface area contributed by atoms with Gasteiger partial charge in [-0.3, -0.25) is 0 Å². The summed E-state index contributed by atoms with van der Waals surface area (Å²) in [4.78, 5) is 16.3. The molecule has 13 heavy (non-hydrogen) atoms. The van der Waals surface area contributed by atoms with Crippen molar-refractivity contribution < 1.29 is 18.3 Å². The maximum Gasteiger partial charge on any atom is 0.353 e. The number of carbonyl (C=O) groups is 1. The highest BCUT2D eigenvalue weighted by atomic mass is 32.2. The third-order valence-corrected chi connectivity index (χ3v) is 2.06.